The Labute approximate surface area is 154 Å². The molecule has 2 aromatic carbocycles. The lowest BCUT2D eigenvalue weighted by Crippen LogP contribution is -2.50. The van der Waals surface area contributed by atoms with Gasteiger partial charge in [0.15, 0.2) is 0 Å². The van der Waals surface area contributed by atoms with Crippen molar-refractivity contribution in [3.8, 4) is 6.07 Å². The summed E-state index contributed by atoms with van der Waals surface area (Å²) in [5, 5.41) is 12.0. The molecule has 0 atom stereocenters. The molecule has 1 fully saturated rings. The van der Waals surface area contributed by atoms with E-state index < -0.39 is 0 Å². The Hall–Kier alpha value is -3.00. The quantitative estimate of drug-likeness (QED) is 0.911. The van der Waals surface area contributed by atoms with Gasteiger partial charge in [-0.15, -0.1) is 0 Å². The highest BCUT2D eigenvalue weighted by molar-refractivity contribution is 5.89. The number of rotatable bonds is 3. The minimum absolute atomic E-state index is 0.0623. The topological polar surface area (TPSA) is 59.4 Å². The van der Waals surface area contributed by atoms with Crippen LogP contribution in [-0.2, 0) is 0 Å². The Morgan fingerprint density at radius 1 is 1.08 bits per heavy atom. The molecular weight excluding hydrogens is 324 g/mol. The molecule has 0 radical (unpaired) electrons. The van der Waals surface area contributed by atoms with Crippen molar-refractivity contribution in [2.24, 2.45) is 0 Å². The minimum atomic E-state index is -0.0623. The third-order valence-electron chi connectivity index (χ3n) is 4.74. The summed E-state index contributed by atoms with van der Waals surface area (Å²) in [7, 11) is 0. The third kappa shape index (κ3) is 4.15. The lowest BCUT2D eigenvalue weighted by Gasteiger charge is -2.36. The van der Waals surface area contributed by atoms with Gasteiger partial charge in [0.1, 0.15) is 0 Å². The van der Waals surface area contributed by atoms with Gasteiger partial charge in [0.25, 0.3) is 0 Å². The molecule has 5 nitrogen and oxygen atoms in total. The van der Waals surface area contributed by atoms with Crippen LogP contribution in [0.5, 0.6) is 0 Å². The van der Waals surface area contributed by atoms with E-state index in [-0.39, 0.29) is 6.03 Å². The molecule has 134 valence electrons. The molecule has 2 amide bonds. The zero-order valence-corrected chi connectivity index (χ0v) is 15.3. The molecule has 1 aliphatic heterocycles. The molecule has 0 aliphatic carbocycles. The first kappa shape index (κ1) is 17.8. The number of nitriles is 1. The number of urea groups is 1. The van der Waals surface area contributed by atoms with Gasteiger partial charge >= 0.3 is 6.03 Å². The Kier molecular flexibility index (Phi) is 5.43. The smallest absolute Gasteiger partial charge is 0.321 e. The number of nitrogens with zero attached hydrogens (tertiary/aromatic N) is 3. The summed E-state index contributed by atoms with van der Waals surface area (Å²) in [4.78, 5) is 16.5. The molecule has 1 saturated heterocycles. The largest absolute Gasteiger partial charge is 0.368 e. The first-order chi connectivity index (χ1) is 12.6. The summed E-state index contributed by atoms with van der Waals surface area (Å²) in [5.41, 5.74) is 3.78. The fourth-order valence-corrected chi connectivity index (χ4v) is 3.09. The molecule has 0 spiro atoms. The van der Waals surface area contributed by atoms with Crippen molar-refractivity contribution in [3.63, 3.8) is 0 Å². The molecule has 3 rings (SSSR count). The molecule has 1 N–H and O–H groups in total. The van der Waals surface area contributed by atoms with E-state index in [2.05, 4.69) is 42.3 Å². The Morgan fingerprint density at radius 2 is 1.77 bits per heavy atom. The molecule has 0 bridgehead atoms. The highest BCUT2D eigenvalue weighted by atomic mass is 16.2. The molecule has 26 heavy (non-hydrogen) atoms. The van der Waals surface area contributed by atoms with Crippen LogP contribution in [0, 0.1) is 11.3 Å². The van der Waals surface area contributed by atoms with Gasteiger partial charge < -0.3 is 15.1 Å². The van der Waals surface area contributed by atoms with Gasteiger partial charge in [0.2, 0.25) is 0 Å². The molecule has 1 heterocycles. The van der Waals surface area contributed by atoms with E-state index in [4.69, 9.17) is 5.26 Å². The van der Waals surface area contributed by atoms with Crippen molar-refractivity contribution in [1.82, 2.24) is 4.90 Å². The van der Waals surface area contributed by atoms with Crippen LogP contribution < -0.4 is 10.2 Å². The molecule has 0 saturated carbocycles. The van der Waals surface area contributed by atoms with Crippen molar-refractivity contribution in [2.75, 3.05) is 36.4 Å². The molecular formula is C21H24N4O. The summed E-state index contributed by atoms with van der Waals surface area (Å²) in [6, 6.07) is 17.7. The molecule has 0 aromatic heterocycles. The van der Waals surface area contributed by atoms with Gasteiger partial charge in [-0.25, -0.2) is 4.79 Å². The van der Waals surface area contributed by atoms with Crippen LogP contribution in [0.25, 0.3) is 0 Å². The summed E-state index contributed by atoms with van der Waals surface area (Å²) in [5.74, 6) is 0.479. The van der Waals surface area contributed by atoms with Crippen molar-refractivity contribution in [2.45, 2.75) is 19.8 Å². The lowest BCUT2D eigenvalue weighted by atomic mass is 10.0. The zero-order valence-electron chi connectivity index (χ0n) is 15.3. The predicted molar refractivity (Wildman–Crippen MR) is 104 cm³/mol. The second kappa shape index (κ2) is 7.92. The first-order valence-corrected chi connectivity index (χ1v) is 8.98. The monoisotopic (exact) mass is 348 g/mol. The van der Waals surface area contributed by atoms with Gasteiger partial charge in [-0.1, -0.05) is 32.0 Å². The van der Waals surface area contributed by atoms with Crippen LogP contribution in [0.4, 0.5) is 16.2 Å². The number of hydrogen-bond acceptors (Lipinski definition) is 3. The number of benzene rings is 2. The van der Waals surface area contributed by atoms with Gasteiger partial charge in [0, 0.05) is 37.6 Å². The molecule has 5 heteroatoms. The highest BCUT2D eigenvalue weighted by Crippen LogP contribution is 2.20. The van der Waals surface area contributed by atoms with Crippen molar-refractivity contribution >= 4 is 17.4 Å². The van der Waals surface area contributed by atoms with Gasteiger partial charge in [-0.05, 0) is 41.8 Å². The van der Waals surface area contributed by atoms with E-state index in [0.29, 0.717) is 24.6 Å². The van der Waals surface area contributed by atoms with Crippen molar-refractivity contribution in [1.29, 1.82) is 5.26 Å². The predicted octanol–water partition coefficient (Wildman–Crippen LogP) is 4.04. The summed E-state index contributed by atoms with van der Waals surface area (Å²) in [6.45, 7) is 7.14. The van der Waals surface area contributed by atoms with Crippen LogP contribution in [0.3, 0.4) is 0 Å². The highest BCUT2D eigenvalue weighted by Gasteiger charge is 2.21. The Morgan fingerprint density at radius 3 is 2.38 bits per heavy atom. The average molecular weight is 348 g/mol. The summed E-state index contributed by atoms with van der Waals surface area (Å²) < 4.78 is 0. The van der Waals surface area contributed by atoms with Crippen molar-refractivity contribution < 1.29 is 4.79 Å². The number of carbonyl (C=O) groups is 1. The second-order valence-electron chi connectivity index (χ2n) is 6.84. The fourth-order valence-electron chi connectivity index (χ4n) is 3.09. The summed E-state index contributed by atoms with van der Waals surface area (Å²) in [6.07, 6.45) is 0. The number of carbonyl (C=O) groups excluding carboxylic acids is 1. The van der Waals surface area contributed by atoms with Crippen LogP contribution in [0.1, 0.15) is 30.9 Å². The van der Waals surface area contributed by atoms with Crippen molar-refractivity contribution in [3.05, 3.63) is 59.7 Å². The number of anilines is 2. The Bertz CT molecular complexity index is 800. The van der Waals surface area contributed by atoms with Gasteiger partial charge in [-0.3, -0.25) is 0 Å². The van der Waals surface area contributed by atoms with E-state index in [1.54, 1.807) is 6.07 Å². The van der Waals surface area contributed by atoms with E-state index >= 15 is 0 Å². The minimum Gasteiger partial charge on any atom is -0.368 e. The van der Waals surface area contributed by atoms with E-state index in [9.17, 15) is 4.79 Å². The number of nitrogens with one attached hydrogen (secondary N) is 1. The standard InChI is InChI=1S/C21H24N4O/c1-16(2)18-6-8-19(9-7-18)23-21(26)25-12-10-24(11-13-25)20-5-3-4-17(14-20)15-22/h3-9,14,16H,10-13H2,1-2H3,(H,23,26). The maximum atomic E-state index is 12.5. The average Bonchev–Trinajstić information content (AvgIpc) is 2.68. The van der Waals surface area contributed by atoms with E-state index in [1.807, 2.05) is 35.2 Å². The van der Waals surface area contributed by atoms with Crippen LogP contribution >= 0.6 is 0 Å². The fraction of sp³-hybridized carbons (Fsp3) is 0.333. The number of amides is 2. The molecule has 2 aromatic rings. The van der Waals surface area contributed by atoms with E-state index in [0.717, 1.165) is 24.5 Å². The zero-order chi connectivity index (χ0) is 18.5. The van der Waals surface area contributed by atoms with Crippen LogP contribution in [-0.4, -0.2) is 37.1 Å². The normalized spacial score (nSPS) is 14.2. The number of hydrogen-bond donors (Lipinski definition) is 1. The molecule has 1 aliphatic rings. The molecule has 0 unspecified atom stereocenters. The van der Waals surface area contributed by atoms with Crippen LogP contribution in [0.2, 0.25) is 0 Å². The number of piperazine rings is 1. The first-order valence-electron chi connectivity index (χ1n) is 8.98. The maximum Gasteiger partial charge on any atom is 0.321 e. The van der Waals surface area contributed by atoms with Crippen LogP contribution in [0.15, 0.2) is 48.5 Å². The summed E-state index contributed by atoms with van der Waals surface area (Å²) >= 11 is 0. The Balaban J connectivity index is 1.55. The third-order valence-corrected chi connectivity index (χ3v) is 4.74. The lowest BCUT2D eigenvalue weighted by molar-refractivity contribution is 0.208. The maximum absolute atomic E-state index is 12.5. The van der Waals surface area contributed by atoms with Gasteiger partial charge in [-0.2, -0.15) is 5.26 Å². The van der Waals surface area contributed by atoms with E-state index in [1.165, 1.54) is 5.56 Å². The van der Waals surface area contributed by atoms with Gasteiger partial charge in [0.05, 0.1) is 11.6 Å². The SMILES string of the molecule is CC(C)c1ccc(NC(=O)N2CCN(c3cccc(C#N)c3)CC2)cc1. The second-order valence-corrected chi connectivity index (χ2v) is 6.84.